The molecular weight excluding hydrogens is 845 g/mol. The topological polar surface area (TPSA) is 131 Å². The van der Waals surface area contributed by atoms with Gasteiger partial charge in [-0.15, -0.1) is 11.3 Å². The highest BCUT2D eigenvalue weighted by molar-refractivity contribution is 7.59. The summed E-state index contributed by atoms with van der Waals surface area (Å²) in [6, 6.07) is 6.45. The summed E-state index contributed by atoms with van der Waals surface area (Å²) in [5.41, 5.74) is 9.08. The number of benzene rings is 1. The van der Waals surface area contributed by atoms with Crippen LogP contribution in [0.5, 0.6) is 0 Å². The second-order valence-electron chi connectivity index (χ2n) is 15.1. The highest BCUT2D eigenvalue weighted by atomic mass is 32.1. The predicted octanol–water partition coefficient (Wildman–Crippen LogP) is 6.59. The zero-order valence-corrected chi connectivity index (χ0v) is 38.1. The maximum absolute atomic E-state index is 14.1. The minimum absolute atomic E-state index is 0. The van der Waals surface area contributed by atoms with Crippen LogP contribution in [-0.2, 0) is 38.4 Å². The van der Waals surface area contributed by atoms with Gasteiger partial charge in [-0.3, -0.25) is 19.6 Å². The normalized spacial score (nSPS) is 20.9. The molecule has 0 spiro atoms. The van der Waals surface area contributed by atoms with Gasteiger partial charge < -0.3 is 24.3 Å². The number of esters is 1. The van der Waals surface area contributed by atoms with Crippen molar-refractivity contribution in [1.82, 2.24) is 35.2 Å². The van der Waals surface area contributed by atoms with E-state index >= 15 is 0 Å². The first kappa shape index (κ1) is 49.3. The molecule has 3 aromatic heterocycles. The number of hydrazine groups is 1. The van der Waals surface area contributed by atoms with Crippen LogP contribution in [0.15, 0.2) is 41.9 Å². The van der Waals surface area contributed by atoms with Crippen LogP contribution in [0.3, 0.4) is 0 Å². The summed E-state index contributed by atoms with van der Waals surface area (Å²) < 4.78 is 41.2. The molecule has 2 saturated heterocycles. The molecule has 0 aliphatic carbocycles. The average Bonchev–Trinajstić information content (AvgIpc) is 3.73. The zero-order chi connectivity index (χ0) is 38.3. The Morgan fingerprint density at radius 1 is 1.14 bits per heavy atom. The van der Waals surface area contributed by atoms with Gasteiger partial charge in [0.1, 0.15) is 12.1 Å². The minimum atomic E-state index is -2.68. The summed E-state index contributed by atoms with van der Waals surface area (Å²) in [6.45, 7) is 9.53. The maximum Gasteiger partial charge on any atom is 0.324 e. The number of urea groups is 1. The summed E-state index contributed by atoms with van der Waals surface area (Å²) in [4.78, 5) is 51.7. The van der Waals surface area contributed by atoms with Crippen molar-refractivity contribution in [2.24, 2.45) is 5.41 Å². The van der Waals surface area contributed by atoms with Gasteiger partial charge in [0.15, 0.2) is 0 Å². The van der Waals surface area contributed by atoms with Crippen molar-refractivity contribution in [3.8, 4) is 22.5 Å². The fraction of sp³-hybridized carbons (Fsp3) is 0.513. The number of cyclic esters (lactones) is 1. The van der Waals surface area contributed by atoms with Gasteiger partial charge in [-0.1, -0.05) is 19.9 Å². The van der Waals surface area contributed by atoms with Crippen molar-refractivity contribution in [2.75, 3.05) is 26.8 Å². The molecule has 2 fully saturated rings. The molecule has 1 aromatic carbocycles. The SMILES string of the molecule is CCn1c(-c2cccnc2[C@H](C)OC)c2c3cc(ccc31)-c1csc(n1)C[C@H](NC(=O)N1CC[C@H]1C(F)F)C(=O)N1CCC[C@H](N1)C(=O)OCC(C)(C)C2.S.S.S.S. The highest BCUT2D eigenvalue weighted by Crippen LogP contribution is 2.42. The van der Waals surface area contributed by atoms with Crippen LogP contribution in [0.25, 0.3) is 33.4 Å². The number of halogens is 2. The molecule has 0 unspecified atom stereocenters. The Labute approximate surface area is 370 Å². The van der Waals surface area contributed by atoms with E-state index in [9.17, 15) is 23.2 Å². The number of nitrogens with zero attached hydrogens (tertiary/aromatic N) is 5. The Balaban J connectivity index is 0.00000225. The highest BCUT2D eigenvalue weighted by Gasteiger charge is 2.41. The van der Waals surface area contributed by atoms with Gasteiger partial charge >= 0.3 is 12.0 Å². The van der Waals surface area contributed by atoms with Crippen molar-refractivity contribution in [1.29, 1.82) is 0 Å². The number of aryl methyl sites for hydroxylation is 1. The summed E-state index contributed by atoms with van der Waals surface area (Å²) in [6.07, 6.45) is 0.625. The van der Waals surface area contributed by atoms with Gasteiger partial charge in [-0.05, 0) is 69.4 Å². The molecule has 0 radical (unpaired) electrons. The van der Waals surface area contributed by atoms with E-state index in [-0.39, 0.29) is 86.1 Å². The zero-order valence-electron chi connectivity index (χ0n) is 33.2. The first-order valence-corrected chi connectivity index (χ1v) is 19.4. The number of aromatic nitrogens is 3. The third-order valence-electron chi connectivity index (χ3n) is 10.8. The van der Waals surface area contributed by atoms with Crippen LogP contribution in [-0.4, -0.2) is 93.7 Å². The van der Waals surface area contributed by atoms with Crippen LogP contribution in [0.1, 0.15) is 69.3 Å². The van der Waals surface area contributed by atoms with Crippen LogP contribution >= 0.6 is 65.3 Å². The number of pyridine rings is 1. The molecule has 2 N–H and O–H groups in total. The number of alkyl halides is 2. The lowest BCUT2D eigenvalue weighted by Gasteiger charge is -2.41. The van der Waals surface area contributed by atoms with E-state index < -0.39 is 47.9 Å². The monoisotopic (exact) mass is 899 g/mol. The second-order valence-corrected chi connectivity index (χ2v) is 16.0. The van der Waals surface area contributed by atoms with Gasteiger partial charge in [-0.25, -0.2) is 24.0 Å². The quantitative estimate of drug-likeness (QED) is 0.208. The van der Waals surface area contributed by atoms with Crippen molar-refractivity contribution >= 4 is 94.1 Å². The smallest absolute Gasteiger partial charge is 0.324 e. The average molecular weight is 900 g/mol. The summed E-state index contributed by atoms with van der Waals surface area (Å²) in [7, 11) is 1.67. The van der Waals surface area contributed by atoms with Gasteiger partial charge in [0.25, 0.3) is 12.3 Å². The van der Waals surface area contributed by atoms with E-state index in [1.54, 1.807) is 13.3 Å². The third-order valence-corrected chi connectivity index (χ3v) is 11.6. The number of rotatable bonds is 6. The number of ether oxygens (including phenoxy) is 2. The first-order valence-electron chi connectivity index (χ1n) is 18.6. The van der Waals surface area contributed by atoms with Crippen LogP contribution < -0.4 is 10.7 Å². The summed E-state index contributed by atoms with van der Waals surface area (Å²) >= 11 is 1.36. The fourth-order valence-electron chi connectivity index (χ4n) is 7.72. The Bertz CT molecular complexity index is 2070. The number of nitrogens with one attached hydrogen (secondary N) is 2. The largest absolute Gasteiger partial charge is 0.464 e. The Morgan fingerprint density at radius 3 is 2.57 bits per heavy atom. The lowest BCUT2D eigenvalue weighted by Crippen LogP contribution is -2.63. The molecule has 0 saturated carbocycles. The number of fused-ring (bicyclic) bond motifs is 6. The number of thiazole rings is 1. The number of amides is 3. The molecule has 58 heavy (non-hydrogen) atoms. The van der Waals surface area contributed by atoms with Gasteiger partial charge in [0.05, 0.1) is 40.8 Å². The molecule has 6 bridgehead atoms. The molecule has 3 amide bonds. The van der Waals surface area contributed by atoms with E-state index in [0.717, 1.165) is 43.9 Å². The Hall–Kier alpha value is -3.07. The Morgan fingerprint density at radius 2 is 1.90 bits per heavy atom. The second kappa shape index (κ2) is 20.5. The van der Waals surface area contributed by atoms with E-state index in [2.05, 4.69) is 54.3 Å². The standard InChI is InChI=1S/C39H47F2N7O5S.4H2S/c1-6-46-30-12-11-23-17-25(30)26(34(46)24-9-7-14-42-33(24)22(2)52-5)19-39(3,4)21-53-37(50)27-10-8-15-48(45-27)36(49)28(18-32-43-29(23)20-54-32)44-38(51)47-16-13-31(47)35(40)41;;;;/h7,9,11-12,14,17,20,22,27-28,31,35,45H,6,8,10,13,15-16,18-19,21H2,1-5H3,(H,44,51);4*1H2/t22-,27-,28-,31-;;;;/m0..../s1. The Kier molecular flexibility index (Phi) is 17.4. The van der Waals surface area contributed by atoms with Crippen molar-refractivity contribution in [2.45, 2.75) is 97.0 Å². The molecule has 4 aromatic rings. The van der Waals surface area contributed by atoms with Crippen LogP contribution in [0.4, 0.5) is 13.6 Å². The summed E-state index contributed by atoms with van der Waals surface area (Å²) in [5.74, 6) is -0.959. The maximum atomic E-state index is 14.1. The van der Waals surface area contributed by atoms with Gasteiger partial charge in [0.2, 0.25) is 0 Å². The van der Waals surface area contributed by atoms with E-state index in [1.165, 1.54) is 16.3 Å². The lowest BCUT2D eigenvalue weighted by molar-refractivity contribution is -0.155. The van der Waals surface area contributed by atoms with Gasteiger partial charge in [0, 0.05) is 72.2 Å². The molecule has 12 nitrogen and oxygen atoms in total. The molecule has 4 atom stereocenters. The third kappa shape index (κ3) is 9.92. The number of likely N-dealkylation sites (tertiary alicyclic amines) is 1. The predicted molar refractivity (Wildman–Crippen MR) is 242 cm³/mol. The molecule has 6 heterocycles. The number of hydrogen-bond acceptors (Lipinski definition) is 9. The molecule has 7 rings (SSSR count). The lowest BCUT2D eigenvalue weighted by atomic mass is 9.84. The molecule has 3 aliphatic heterocycles. The number of carbonyl (C=O) groups excluding carboxylic acids is 3. The van der Waals surface area contributed by atoms with Crippen molar-refractivity contribution in [3.05, 3.63) is 58.2 Å². The van der Waals surface area contributed by atoms with E-state index in [4.69, 9.17) is 19.4 Å². The molecule has 320 valence electrons. The van der Waals surface area contributed by atoms with E-state index in [0.29, 0.717) is 43.1 Å². The number of methoxy groups -OCH3 is 1. The first-order chi connectivity index (χ1) is 25.9. The van der Waals surface area contributed by atoms with Crippen LogP contribution in [0.2, 0.25) is 0 Å². The fourth-order valence-corrected chi connectivity index (χ4v) is 8.57. The van der Waals surface area contributed by atoms with E-state index in [1.807, 2.05) is 24.4 Å². The number of hydrogen-bond donors (Lipinski definition) is 2. The molecule has 3 aliphatic rings. The van der Waals surface area contributed by atoms with Gasteiger partial charge in [-0.2, -0.15) is 54.0 Å². The molecule has 19 heteroatoms. The van der Waals surface area contributed by atoms with Crippen molar-refractivity contribution in [3.63, 3.8) is 0 Å². The summed E-state index contributed by atoms with van der Waals surface area (Å²) in [5, 5.41) is 7.62. The minimum Gasteiger partial charge on any atom is -0.464 e. The number of carbonyl (C=O) groups is 3. The van der Waals surface area contributed by atoms with Crippen molar-refractivity contribution < 1.29 is 32.6 Å². The molecular formula is C39H55F2N7O5S5. The van der Waals surface area contributed by atoms with Crippen LogP contribution in [0, 0.1) is 5.41 Å².